The van der Waals surface area contributed by atoms with Crippen LogP contribution in [0.1, 0.15) is 18.4 Å². The van der Waals surface area contributed by atoms with Crippen LogP contribution in [0, 0.1) is 29.6 Å². The Morgan fingerprint density at radius 1 is 1.26 bits per heavy atom. The van der Waals surface area contributed by atoms with Gasteiger partial charge in [-0.3, -0.25) is 4.79 Å². The van der Waals surface area contributed by atoms with Crippen LogP contribution in [-0.2, 0) is 9.53 Å². The Hall–Kier alpha value is -4.51. The first-order valence-electron chi connectivity index (χ1n) is 15.3. The van der Waals surface area contributed by atoms with Crippen molar-refractivity contribution in [2.45, 2.75) is 31.0 Å². The maximum atomic E-state index is 14.6. The lowest BCUT2D eigenvalue weighted by Gasteiger charge is -2.44. The molecule has 1 aliphatic carbocycles. The molecule has 2 aromatic carbocycles. The molecule has 2 unspecified atom stereocenters. The van der Waals surface area contributed by atoms with Gasteiger partial charge in [-0.2, -0.15) is 5.26 Å². The van der Waals surface area contributed by atoms with Crippen LogP contribution in [0.15, 0.2) is 77.2 Å². The van der Waals surface area contributed by atoms with E-state index in [0.717, 1.165) is 35.9 Å². The first-order valence-corrected chi connectivity index (χ1v) is 15.7. The first kappa shape index (κ1) is 31.5. The van der Waals surface area contributed by atoms with Gasteiger partial charge in [0.1, 0.15) is 30.1 Å². The molecule has 6 rings (SSSR count). The van der Waals surface area contributed by atoms with E-state index < -0.39 is 29.6 Å². The summed E-state index contributed by atoms with van der Waals surface area (Å²) in [6.07, 6.45) is 7.95. The van der Waals surface area contributed by atoms with Gasteiger partial charge in [0.15, 0.2) is 5.83 Å². The predicted octanol–water partition coefficient (Wildman–Crippen LogP) is 5.79. The van der Waals surface area contributed by atoms with E-state index in [0.29, 0.717) is 29.8 Å². The summed E-state index contributed by atoms with van der Waals surface area (Å²) >= 11 is 6.48. The number of likely N-dealkylation sites (tertiary alicyclic amines) is 1. The third-order valence-corrected chi connectivity index (χ3v) is 9.68. The number of piperazine rings is 1. The third-order valence-electron chi connectivity index (χ3n) is 9.31. The summed E-state index contributed by atoms with van der Waals surface area (Å²) in [4.78, 5) is 26.6. The number of hydrogen-bond acceptors (Lipinski definition) is 6. The van der Waals surface area contributed by atoms with Crippen LogP contribution in [0.3, 0.4) is 0 Å². The molecule has 0 bridgehead atoms. The fourth-order valence-electron chi connectivity index (χ4n) is 6.95. The molecule has 4 atom stereocenters. The molecule has 2 saturated heterocycles. The highest BCUT2D eigenvalue weighted by molar-refractivity contribution is 6.36. The Morgan fingerprint density at radius 3 is 2.80 bits per heavy atom. The fraction of sp³-hybridized carbons (Fsp3) is 0.371. The largest absolute Gasteiger partial charge is 0.475 e. The number of fused-ring (bicyclic) bond motifs is 2. The second kappa shape index (κ2) is 13.1. The molecule has 3 aliphatic heterocycles. The average Bonchev–Trinajstić information content (AvgIpc) is 3.48. The van der Waals surface area contributed by atoms with E-state index in [4.69, 9.17) is 27.9 Å². The van der Waals surface area contributed by atoms with E-state index in [9.17, 15) is 18.8 Å². The molecule has 11 heteroatoms. The Bertz CT molecular complexity index is 1800. The smallest absolute Gasteiger partial charge is 0.282 e. The SMILES string of the molecule is [C-]#[N+]C[C@H]1CN(C2=C(C#N)C(OC[C@@H]3CCCN3C)=NC3C=C(c4cccc5ccc(F)c(Cl)c45)C=CC23)CCN1C(=O)C(=C)F. The number of dihydropyridines is 1. The molecule has 0 radical (unpaired) electrons. The van der Waals surface area contributed by atoms with Crippen molar-refractivity contribution in [3.05, 3.63) is 100 Å². The summed E-state index contributed by atoms with van der Waals surface area (Å²) in [6.45, 7) is 12.7. The lowest BCUT2D eigenvalue weighted by atomic mass is 9.82. The maximum absolute atomic E-state index is 14.6. The van der Waals surface area contributed by atoms with Gasteiger partial charge in [-0.1, -0.05) is 60.7 Å². The molecular weight excluding hydrogens is 610 g/mol. The third kappa shape index (κ3) is 5.79. The van der Waals surface area contributed by atoms with Crippen molar-refractivity contribution in [3.8, 4) is 6.07 Å². The molecule has 4 aliphatic rings. The number of hydrogen-bond donors (Lipinski definition) is 0. The van der Waals surface area contributed by atoms with Crippen molar-refractivity contribution in [3.63, 3.8) is 0 Å². The number of aliphatic imine (C=N–C) groups is 1. The van der Waals surface area contributed by atoms with E-state index in [1.807, 2.05) is 41.3 Å². The minimum atomic E-state index is -1.07. The second-order valence-corrected chi connectivity index (χ2v) is 12.4. The summed E-state index contributed by atoms with van der Waals surface area (Å²) < 4.78 is 34.8. The van der Waals surface area contributed by atoms with Gasteiger partial charge in [-0.15, -0.1) is 0 Å². The van der Waals surface area contributed by atoms with E-state index in [1.165, 1.54) is 11.0 Å². The summed E-state index contributed by atoms with van der Waals surface area (Å²) in [5.74, 6) is -2.52. The van der Waals surface area contributed by atoms with Crippen molar-refractivity contribution in [2.24, 2.45) is 10.9 Å². The average molecular weight is 643 g/mol. The minimum absolute atomic E-state index is 0.0253. The topological polar surface area (TPSA) is 76.5 Å². The Morgan fingerprint density at radius 2 is 2.09 bits per heavy atom. The number of likely N-dealkylation sites (N-methyl/N-ethyl adjacent to an activating group) is 1. The van der Waals surface area contributed by atoms with Crippen molar-refractivity contribution in [1.82, 2.24) is 14.7 Å². The van der Waals surface area contributed by atoms with E-state index in [1.54, 1.807) is 6.07 Å². The number of carbonyl (C=O) groups excluding carboxylic acids is 1. The number of amides is 1. The maximum Gasteiger partial charge on any atom is 0.282 e. The number of halogens is 3. The monoisotopic (exact) mass is 642 g/mol. The Balaban J connectivity index is 1.40. The summed E-state index contributed by atoms with van der Waals surface area (Å²) in [7, 11) is 2.05. The summed E-state index contributed by atoms with van der Waals surface area (Å²) in [5, 5.41) is 12.0. The molecule has 0 spiro atoms. The zero-order valence-electron chi connectivity index (χ0n) is 25.4. The minimum Gasteiger partial charge on any atom is -0.475 e. The van der Waals surface area contributed by atoms with Crippen LogP contribution in [0.5, 0.6) is 0 Å². The Kier molecular flexibility index (Phi) is 8.95. The van der Waals surface area contributed by atoms with Gasteiger partial charge in [-0.25, -0.2) is 20.3 Å². The van der Waals surface area contributed by atoms with E-state index in [-0.39, 0.29) is 42.5 Å². The number of rotatable bonds is 6. The highest BCUT2D eigenvalue weighted by Crippen LogP contribution is 2.41. The van der Waals surface area contributed by atoms with Crippen LogP contribution in [-0.4, -0.2) is 91.0 Å². The number of ether oxygens (including phenoxy) is 1. The fourth-order valence-corrected chi connectivity index (χ4v) is 7.22. The lowest BCUT2D eigenvalue weighted by molar-refractivity contribution is -0.132. The zero-order valence-corrected chi connectivity index (χ0v) is 26.2. The van der Waals surface area contributed by atoms with Crippen molar-refractivity contribution < 1.29 is 18.3 Å². The highest BCUT2D eigenvalue weighted by atomic mass is 35.5. The van der Waals surface area contributed by atoms with Crippen LogP contribution in [0.25, 0.3) is 21.2 Å². The van der Waals surface area contributed by atoms with Gasteiger partial charge in [0.05, 0.1) is 11.1 Å². The van der Waals surface area contributed by atoms with Gasteiger partial charge < -0.3 is 24.3 Å². The Labute approximate surface area is 272 Å². The van der Waals surface area contributed by atoms with Crippen molar-refractivity contribution in [2.75, 3.05) is 46.4 Å². The van der Waals surface area contributed by atoms with Gasteiger partial charge >= 0.3 is 0 Å². The molecule has 2 aromatic rings. The quantitative estimate of drug-likeness (QED) is 0.295. The first-order chi connectivity index (χ1) is 22.2. The molecule has 0 saturated carbocycles. The zero-order chi connectivity index (χ0) is 32.5. The number of nitriles is 1. The molecule has 2 fully saturated rings. The van der Waals surface area contributed by atoms with E-state index >= 15 is 0 Å². The van der Waals surface area contributed by atoms with E-state index in [2.05, 4.69) is 29.4 Å². The summed E-state index contributed by atoms with van der Waals surface area (Å²) in [6, 6.07) is 10.2. The van der Waals surface area contributed by atoms with Crippen LogP contribution < -0.4 is 0 Å². The molecule has 8 nitrogen and oxygen atoms in total. The molecule has 1 amide bonds. The molecule has 0 aromatic heterocycles. The molecule has 236 valence electrons. The predicted molar refractivity (Wildman–Crippen MR) is 174 cm³/mol. The normalized spacial score (nSPS) is 24.7. The van der Waals surface area contributed by atoms with Gasteiger partial charge in [0, 0.05) is 42.7 Å². The number of benzene rings is 2. The van der Waals surface area contributed by atoms with Crippen molar-refractivity contribution in [1.29, 1.82) is 5.26 Å². The van der Waals surface area contributed by atoms with Gasteiger partial charge in [0.25, 0.3) is 5.91 Å². The standard InChI is InChI=1S/C35H33ClF2N6O2/c1-21(37)35(45)44-15-14-43(19-25(44)18-40-2)33-27-11-9-23(26-8-4-6-22-10-12-29(38)32(36)31(22)26)16-30(27)41-34(28(33)17-39)46-20-24-7-5-13-42(24)3/h4,6,8-12,16,24-25,27,30H,1,5,7,13-15,18-20H2,3H3/t24-,25-,27?,30?/m0/s1. The number of allylic oxidation sites excluding steroid dienone is 2. The summed E-state index contributed by atoms with van der Waals surface area (Å²) in [5.41, 5.74) is 2.55. The van der Waals surface area contributed by atoms with Crippen LogP contribution >= 0.6 is 11.6 Å². The molecule has 0 N–H and O–H groups in total. The lowest BCUT2D eigenvalue weighted by Crippen LogP contribution is -2.57. The second-order valence-electron chi connectivity index (χ2n) is 12.0. The number of carbonyl (C=O) groups is 1. The highest BCUT2D eigenvalue weighted by Gasteiger charge is 2.41. The van der Waals surface area contributed by atoms with Gasteiger partial charge in [0.2, 0.25) is 12.4 Å². The number of nitrogens with zero attached hydrogens (tertiary/aromatic N) is 6. The van der Waals surface area contributed by atoms with Crippen molar-refractivity contribution >= 4 is 39.8 Å². The molecule has 3 heterocycles. The van der Waals surface area contributed by atoms with Gasteiger partial charge in [-0.05, 0) is 49.0 Å². The van der Waals surface area contributed by atoms with Crippen LogP contribution in [0.2, 0.25) is 5.02 Å². The molecular formula is C35H33ClF2N6O2. The van der Waals surface area contributed by atoms with Crippen LogP contribution in [0.4, 0.5) is 8.78 Å². The molecule has 46 heavy (non-hydrogen) atoms.